The number of amides is 2. The maximum absolute atomic E-state index is 12.3. The fourth-order valence-corrected chi connectivity index (χ4v) is 3.15. The van der Waals surface area contributed by atoms with Gasteiger partial charge in [-0.3, -0.25) is 19.4 Å². The molecule has 5 nitrogen and oxygen atoms in total. The lowest BCUT2D eigenvalue weighted by Gasteiger charge is -2.35. The Labute approximate surface area is 124 Å². The molecule has 0 unspecified atom stereocenters. The number of nitrogens with zero attached hydrogens (tertiary/aromatic N) is 2. The van der Waals surface area contributed by atoms with Crippen molar-refractivity contribution >= 4 is 11.8 Å². The molecule has 1 aromatic rings. The van der Waals surface area contributed by atoms with Crippen molar-refractivity contribution in [2.45, 2.75) is 26.1 Å². The summed E-state index contributed by atoms with van der Waals surface area (Å²) < 4.78 is 5.69. The molecule has 0 spiro atoms. The summed E-state index contributed by atoms with van der Waals surface area (Å²) in [6.45, 7) is 6.91. The summed E-state index contributed by atoms with van der Waals surface area (Å²) in [6.07, 6.45) is 0.381. The Morgan fingerprint density at radius 3 is 2.05 bits per heavy atom. The van der Waals surface area contributed by atoms with E-state index in [0.29, 0.717) is 24.2 Å². The van der Waals surface area contributed by atoms with Gasteiger partial charge in [0.15, 0.2) is 0 Å². The molecule has 2 amide bonds. The Hall–Kier alpha value is -1.72. The molecule has 1 aromatic carbocycles. The van der Waals surface area contributed by atoms with Crippen molar-refractivity contribution in [3.8, 4) is 0 Å². The van der Waals surface area contributed by atoms with Gasteiger partial charge in [0.25, 0.3) is 11.8 Å². The van der Waals surface area contributed by atoms with Crippen molar-refractivity contribution in [3.05, 3.63) is 35.4 Å². The molecular weight excluding hydrogens is 268 g/mol. The summed E-state index contributed by atoms with van der Waals surface area (Å²) in [5.41, 5.74) is 1.04. The van der Waals surface area contributed by atoms with Crippen LogP contribution in [-0.4, -0.2) is 60.0 Å². The van der Waals surface area contributed by atoms with E-state index in [1.54, 1.807) is 24.3 Å². The third kappa shape index (κ3) is 2.71. The largest absolute Gasteiger partial charge is 0.373 e. The van der Waals surface area contributed by atoms with E-state index >= 15 is 0 Å². The Morgan fingerprint density at radius 2 is 1.52 bits per heavy atom. The quantitative estimate of drug-likeness (QED) is 0.789. The minimum absolute atomic E-state index is 0.176. The summed E-state index contributed by atoms with van der Waals surface area (Å²) in [7, 11) is 0. The zero-order valence-electron chi connectivity index (χ0n) is 12.4. The van der Waals surface area contributed by atoms with Crippen LogP contribution < -0.4 is 0 Å². The fourth-order valence-electron chi connectivity index (χ4n) is 3.15. The van der Waals surface area contributed by atoms with Gasteiger partial charge in [0, 0.05) is 26.2 Å². The van der Waals surface area contributed by atoms with Crippen LogP contribution in [0.4, 0.5) is 0 Å². The maximum Gasteiger partial charge on any atom is 0.261 e. The Balaban J connectivity index is 1.64. The number of carbonyl (C=O) groups excluding carboxylic acids is 2. The molecule has 1 saturated heterocycles. The number of carbonyl (C=O) groups is 2. The molecule has 1 fully saturated rings. The number of hydrogen-bond acceptors (Lipinski definition) is 4. The predicted octanol–water partition coefficient (Wildman–Crippen LogP) is 1.39. The second kappa shape index (κ2) is 5.58. The van der Waals surface area contributed by atoms with Crippen molar-refractivity contribution in [1.29, 1.82) is 0 Å². The topological polar surface area (TPSA) is 49.9 Å². The minimum Gasteiger partial charge on any atom is -0.373 e. The van der Waals surface area contributed by atoms with Gasteiger partial charge >= 0.3 is 0 Å². The van der Waals surface area contributed by atoms with Gasteiger partial charge in [-0.25, -0.2) is 0 Å². The van der Waals surface area contributed by atoms with Crippen LogP contribution in [0.1, 0.15) is 34.6 Å². The van der Waals surface area contributed by atoms with Crippen LogP contribution in [0.25, 0.3) is 0 Å². The SMILES string of the molecule is C[C@@H]1CN(CCN2C(=O)c3ccccc3C2=O)C[C@@H](C)O1. The summed E-state index contributed by atoms with van der Waals surface area (Å²) >= 11 is 0. The summed E-state index contributed by atoms with van der Waals surface area (Å²) in [4.78, 5) is 28.1. The van der Waals surface area contributed by atoms with Crippen LogP contribution in [0.3, 0.4) is 0 Å². The van der Waals surface area contributed by atoms with Gasteiger partial charge in [-0.05, 0) is 26.0 Å². The van der Waals surface area contributed by atoms with Gasteiger partial charge in [0.2, 0.25) is 0 Å². The number of rotatable bonds is 3. The Kier molecular flexibility index (Phi) is 3.78. The Bertz CT molecular complexity index is 527. The molecule has 0 aromatic heterocycles. The van der Waals surface area contributed by atoms with Crippen LogP contribution in [0.5, 0.6) is 0 Å². The molecule has 2 heterocycles. The summed E-state index contributed by atoms with van der Waals surface area (Å²) in [6, 6.07) is 7.01. The number of benzene rings is 1. The third-order valence-electron chi connectivity index (χ3n) is 4.01. The lowest BCUT2D eigenvalue weighted by Crippen LogP contribution is -2.48. The van der Waals surface area contributed by atoms with Crippen LogP contribution in [0.15, 0.2) is 24.3 Å². The van der Waals surface area contributed by atoms with Gasteiger partial charge < -0.3 is 4.74 Å². The van der Waals surface area contributed by atoms with E-state index in [2.05, 4.69) is 4.90 Å². The molecule has 21 heavy (non-hydrogen) atoms. The normalized spacial score (nSPS) is 26.3. The number of hydrogen-bond donors (Lipinski definition) is 0. The van der Waals surface area contributed by atoms with E-state index in [4.69, 9.17) is 4.74 Å². The summed E-state index contributed by atoms with van der Waals surface area (Å²) in [5.74, 6) is -0.352. The molecule has 112 valence electrons. The van der Waals surface area contributed by atoms with E-state index < -0.39 is 0 Å². The lowest BCUT2D eigenvalue weighted by atomic mass is 10.1. The summed E-state index contributed by atoms with van der Waals surface area (Å²) in [5, 5.41) is 0. The number of ether oxygens (including phenoxy) is 1. The Morgan fingerprint density at radius 1 is 1.00 bits per heavy atom. The minimum atomic E-state index is -0.176. The highest BCUT2D eigenvalue weighted by molar-refractivity contribution is 6.21. The van der Waals surface area contributed by atoms with E-state index in [-0.39, 0.29) is 24.0 Å². The number of fused-ring (bicyclic) bond motifs is 1. The van der Waals surface area contributed by atoms with Gasteiger partial charge in [-0.15, -0.1) is 0 Å². The zero-order valence-corrected chi connectivity index (χ0v) is 12.4. The molecular formula is C16H20N2O3. The monoisotopic (exact) mass is 288 g/mol. The zero-order chi connectivity index (χ0) is 15.0. The van der Waals surface area contributed by atoms with E-state index in [0.717, 1.165) is 13.1 Å². The molecule has 2 aliphatic rings. The fraction of sp³-hybridized carbons (Fsp3) is 0.500. The highest BCUT2D eigenvalue weighted by Gasteiger charge is 2.35. The average molecular weight is 288 g/mol. The molecule has 0 saturated carbocycles. The van der Waals surface area contributed by atoms with Crippen molar-refractivity contribution in [1.82, 2.24) is 9.80 Å². The van der Waals surface area contributed by atoms with E-state index in [1.807, 2.05) is 13.8 Å². The van der Waals surface area contributed by atoms with Crippen LogP contribution in [-0.2, 0) is 4.74 Å². The standard InChI is InChI=1S/C16H20N2O3/c1-11-9-17(10-12(2)21-11)7-8-18-15(19)13-5-3-4-6-14(13)16(18)20/h3-6,11-12H,7-10H2,1-2H3/t11-,12-/m1/s1. The van der Waals surface area contributed by atoms with Crippen LogP contribution in [0.2, 0.25) is 0 Å². The highest BCUT2D eigenvalue weighted by atomic mass is 16.5. The van der Waals surface area contributed by atoms with Gasteiger partial charge in [-0.2, -0.15) is 0 Å². The molecule has 5 heteroatoms. The molecule has 0 aliphatic carbocycles. The van der Waals surface area contributed by atoms with Crippen molar-refractivity contribution in [3.63, 3.8) is 0 Å². The lowest BCUT2D eigenvalue weighted by molar-refractivity contribution is -0.0684. The van der Waals surface area contributed by atoms with Gasteiger partial charge in [-0.1, -0.05) is 12.1 Å². The van der Waals surface area contributed by atoms with E-state index in [9.17, 15) is 9.59 Å². The van der Waals surface area contributed by atoms with Crippen LogP contribution >= 0.6 is 0 Å². The predicted molar refractivity (Wildman–Crippen MR) is 78.3 cm³/mol. The number of imide groups is 1. The second-order valence-corrected chi connectivity index (χ2v) is 5.82. The first-order valence-corrected chi connectivity index (χ1v) is 7.39. The van der Waals surface area contributed by atoms with Gasteiger partial charge in [0.1, 0.15) is 0 Å². The van der Waals surface area contributed by atoms with Crippen molar-refractivity contribution in [2.24, 2.45) is 0 Å². The maximum atomic E-state index is 12.3. The smallest absolute Gasteiger partial charge is 0.261 e. The average Bonchev–Trinajstić information content (AvgIpc) is 2.69. The molecule has 2 aliphatic heterocycles. The second-order valence-electron chi connectivity index (χ2n) is 5.82. The molecule has 0 bridgehead atoms. The van der Waals surface area contributed by atoms with Crippen molar-refractivity contribution in [2.75, 3.05) is 26.2 Å². The highest BCUT2D eigenvalue weighted by Crippen LogP contribution is 2.22. The molecule has 0 radical (unpaired) electrons. The first kappa shape index (κ1) is 14.2. The van der Waals surface area contributed by atoms with Crippen molar-refractivity contribution < 1.29 is 14.3 Å². The first-order chi connectivity index (χ1) is 10.1. The van der Waals surface area contributed by atoms with Gasteiger partial charge in [0.05, 0.1) is 23.3 Å². The number of morpholine rings is 1. The molecule has 0 N–H and O–H groups in total. The molecule has 2 atom stereocenters. The molecule has 3 rings (SSSR count). The van der Waals surface area contributed by atoms with Crippen LogP contribution in [0, 0.1) is 0 Å². The first-order valence-electron chi connectivity index (χ1n) is 7.39. The van der Waals surface area contributed by atoms with E-state index in [1.165, 1.54) is 4.90 Å². The third-order valence-corrected chi connectivity index (χ3v) is 4.01.